The summed E-state index contributed by atoms with van der Waals surface area (Å²) in [5, 5.41) is 12.1. The van der Waals surface area contributed by atoms with Crippen LogP contribution in [0, 0.1) is 0 Å². The first kappa shape index (κ1) is 12.5. The van der Waals surface area contributed by atoms with Crippen molar-refractivity contribution in [2.45, 2.75) is 26.2 Å². The summed E-state index contributed by atoms with van der Waals surface area (Å²) in [5.41, 5.74) is 2.46. The van der Waals surface area contributed by atoms with Crippen LogP contribution < -0.4 is 5.32 Å². The lowest BCUT2D eigenvalue weighted by molar-refractivity contribution is 0.592. The molecule has 0 aliphatic rings. The minimum absolute atomic E-state index is 0.103. The van der Waals surface area contributed by atoms with E-state index >= 15 is 0 Å². The third-order valence-electron chi connectivity index (χ3n) is 2.38. The van der Waals surface area contributed by atoms with Gasteiger partial charge in [-0.05, 0) is 33.0 Å². The van der Waals surface area contributed by atoms with E-state index in [0.29, 0.717) is 0 Å². The molecule has 0 aliphatic heterocycles. The minimum atomic E-state index is 0.103. The van der Waals surface area contributed by atoms with Crippen LogP contribution in [0.25, 0.3) is 0 Å². The second kappa shape index (κ2) is 4.74. The van der Waals surface area contributed by atoms with Crippen LogP contribution in [0.15, 0.2) is 28.2 Å². The average molecular weight is 312 g/mol. The van der Waals surface area contributed by atoms with Gasteiger partial charge in [-0.2, -0.15) is 0 Å². The van der Waals surface area contributed by atoms with Gasteiger partial charge < -0.3 is 5.32 Å². The molecule has 17 heavy (non-hydrogen) atoms. The summed E-state index contributed by atoms with van der Waals surface area (Å²) in [5.74, 6) is 0. The summed E-state index contributed by atoms with van der Waals surface area (Å²) in [6.45, 7) is 6.59. The van der Waals surface area contributed by atoms with E-state index in [0.717, 1.165) is 14.7 Å². The van der Waals surface area contributed by atoms with Crippen LogP contribution in [0.4, 0.5) is 10.8 Å². The average Bonchev–Trinajstić information content (AvgIpc) is 2.63. The van der Waals surface area contributed by atoms with Crippen molar-refractivity contribution in [3.05, 3.63) is 33.7 Å². The number of nitrogens with zero attached hydrogens (tertiary/aromatic N) is 2. The van der Waals surface area contributed by atoms with Gasteiger partial charge in [0.05, 0.1) is 0 Å². The molecule has 90 valence electrons. The fourth-order valence-corrected chi connectivity index (χ4v) is 2.64. The van der Waals surface area contributed by atoms with Gasteiger partial charge >= 0.3 is 0 Å². The van der Waals surface area contributed by atoms with Crippen LogP contribution in [0.5, 0.6) is 0 Å². The molecule has 0 saturated heterocycles. The first-order chi connectivity index (χ1) is 7.97. The fraction of sp³-hybridized carbons (Fsp3) is 0.333. The van der Waals surface area contributed by atoms with E-state index < -0.39 is 0 Å². The topological polar surface area (TPSA) is 37.8 Å². The summed E-state index contributed by atoms with van der Waals surface area (Å²) >= 11 is 4.79. The number of aromatic nitrogens is 2. The Bertz CT molecular complexity index is 516. The Morgan fingerprint density at radius 3 is 2.47 bits per heavy atom. The number of nitrogens with one attached hydrogen (secondary N) is 1. The molecule has 0 atom stereocenters. The van der Waals surface area contributed by atoms with Crippen LogP contribution >= 0.6 is 27.3 Å². The second-order valence-corrected chi connectivity index (χ2v) is 7.03. The maximum absolute atomic E-state index is 4.04. The zero-order chi connectivity index (χ0) is 12.5. The third kappa shape index (κ3) is 3.04. The van der Waals surface area contributed by atoms with Crippen molar-refractivity contribution in [1.29, 1.82) is 0 Å². The molecule has 2 aromatic rings. The van der Waals surface area contributed by atoms with Gasteiger partial charge in [0.25, 0.3) is 0 Å². The van der Waals surface area contributed by atoms with Gasteiger partial charge in [-0.3, -0.25) is 0 Å². The maximum Gasteiger partial charge on any atom is 0.210 e. The highest BCUT2D eigenvalue weighted by atomic mass is 79.9. The molecular weight excluding hydrogens is 298 g/mol. The number of hydrogen-bond donors (Lipinski definition) is 1. The molecule has 0 spiro atoms. The number of hydrogen-bond acceptors (Lipinski definition) is 4. The molecule has 1 aromatic carbocycles. The van der Waals surface area contributed by atoms with Gasteiger partial charge in [0, 0.05) is 5.69 Å². The smallest absolute Gasteiger partial charge is 0.210 e. The van der Waals surface area contributed by atoms with Crippen molar-refractivity contribution < 1.29 is 0 Å². The predicted molar refractivity (Wildman–Crippen MR) is 76.0 cm³/mol. The minimum Gasteiger partial charge on any atom is -0.330 e. The fourth-order valence-electron chi connectivity index (χ4n) is 1.62. The molecule has 1 heterocycles. The Morgan fingerprint density at radius 1 is 1.18 bits per heavy atom. The molecule has 1 N–H and O–H groups in total. The standard InChI is InChI=1S/C12H14BrN3S/c1-12(2,3)8-6-4-5-7-9(8)14-11-16-15-10(13)17-11/h4-7H,1-3H3,(H,14,16). The SMILES string of the molecule is CC(C)(C)c1ccccc1Nc1nnc(Br)s1. The van der Waals surface area contributed by atoms with Crippen LogP contribution in [-0.4, -0.2) is 10.2 Å². The van der Waals surface area contributed by atoms with Crippen molar-refractivity contribution >= 4 is 38.1 Å². The van der Waals surface area contributed by atoms with E-state index in [1.807, 2.05) is 6.07 Å². The molecule has 3 nitrogen and oxygen atoms in total. The lowest BCUT2D eigenvalue weighted by Crippen LogP contribution is -2.13. The number of para-hydroxylation sites is 1. The van der Waals surface area contributed by atoms with Crippen molar-refractivity contribution in [1.82, 2.24) is 10.2 Å². The van der Waals surface area contributed by atoms with Gasteiger partial charge in [-0.1, -0.05) is 50.3 Å². The molecular formula is C12H14BrN3S. The number of anilines is 2. The van der Waals surface area contributed by atoms with Crippen molar-refractivity contribution in [3.63, 3.8) is 0 Å². The van der Waals surface area contributed by atoms with Crippen molar-refractivity contribution in [2.75, 3.05) is 5.32 Å². The highest BCUT2D eigenvalue weighted by molar-refractivity contribution is 9.11. The van der Waals surface area contributed by atoms with Gasteiger partial charge in [0.1, 0.15) is 0 Å². The Kier molecular flexibility index (Phi) is 3.49. The van der Waals surface area contributed by atoms with Crippen LogP contribution in [0.1, 0.15) is 26.3 Å². The zero-order valence-corrected chi connectivity index (χ0v) is 12.4. The van der Waals surface area contributed by atoms with E-state index in [-0.39, 0.29) is 5.41 Å². The molecule has 0 unspecified atom stereocenters. The Hall–Kier alpha value is -0.940. The quantitative estimate of drug-likeness (QED) is 0.896. The molecule has 2 rings (SSSR count). The van der Waals surface area contributed by atoms with Gasteiger partial charge in [-0.25, -0.2) is 0 Å². The second-order valence-electron chi connectivity index (χ2n) is 4.78. The summed E-state index contributed by atoms with van der Waals surface area (Å²) < 4.78 is 0.785. The molecule has 5 heteroatoms. The van der Waals surface area contributed by atoms with Crippen LogP contribution in [0.2, 0.25) is 0 Å². The first-order valence-corrected chi connectivity index (χ1v) is 6.93. The van der Waals surface area contributed by atoms with Crippen molar-refractivity contribution in [3.8, 4) is 0 Å². The highest BCUT2D eigenvalue weighted by Crippen LogP contribution is 2.32. The highest BCUT2D eigenvalue weighted by Gasteiger charge is 2.17. The van der Waals surface area contributed by atoms with E-state index in [1.165, 1.54) is 16.9 Å². The summed E-state index contributed by atoms with van der Waals surface area (Å²) in [4.78, 5) is 0. The third-order valence-corrected chi connectivity index (χ3v) is 3.65. The molecule has 0 saturated carbocycles. The maximum atomic E-state index is 4.04. The number of halogens is 1. The molecule has 1 aromatic heterocycles. The number of benzene rings is 1. The molecule has 0 fully saturated rings. The lowest BCUT2D eigenvalue weighted by Gasteiger charge is -2.22. The predicted octanol–water partition coefficient (Wildman–Crippen LogP) is 4.34. The number of rotatable bonds is 2. The van der Waals surface area contributed by atoms with Crippen LogP contribution in [0.3, 0.4) is 0 Å². The lowest BCUT2D eigenvalue weighted by atomic mass is 9.86. The zero-order valence-electron chi connectivity index (χ0n) is 9.99. The van der Waals surface area contributed by atoms with Crippen molar-refractivity contribution in [2.24, 2.45) is 0 Å². The molecule has 0 amide bonds. The van der Waals surface area contributed by atoms with Gasteiger partial charge in [0.2, 0.25) is 5.13 Å². The molecule has 0 bridgehead atoms. The van der Waals surface area contributed by atoms with E-state index in [9.17, 15) is 0 Å². The summed E-state index contributed by atoms with van der Waals surface area (Å²) in [6, 6.07) is 8.28. The van der Waals surface area contributed by atoms with E-state index in [1.54, 1.807) is 0 Å². The van der Waals surface area contributed by atoms with E-state index in [4.69, 9.17) is 0 Å². The molecule has 0 aliphatic carbocycles. The molecule has 0 radical (unpaired) electrons. The van der Waals surface area contributed by atoms with Crippen LogP contribution in [-0.2, 0) is 5.41 Å². The Labute approximate surface area is 113 Å². The summed E-state index contributed by atoms with van der Waals surface area (Å²) in [7, 11) is 0. The van der Waals surface area contributed by atoms with Gasteiger partial charge in [0.15, 0.2) is 3.92 Å². The largest absolute Gasteiger partial charge is 0.330 e. The summed E-state index contributed by atoms with van der Waals surface area (Å²) in [6.07, 6.45) is 0. The first-order valence-electron chi connectivity index (χ1n) is 5.32. The Balaban J connectivity index is 2.33. The van der Waals surface area contributed by atoms with E-state index in [2.05, 4.69) is 70.4 Å². The monoisotopic (exact) mass is 311 g/mol. The Morgan fingerprint density at radius 2 is 1.88 bits per heavy atom. The normalized spacial score (nSPS) is 11.5. The van der Waals surface area contributed by atoms with Gasteiger partial charge in [-0.15, -0.1) is 10.2 Å².